The summed E-state index contributed by atoms with van der Waals surface area (Å²) in [5.74, 6) is 1.72. The van der Waals surface area contributed by atoms with Crippen LogP contribution < -0.4 is 42.1 Å². The van der Waals surface area contributed by atoms with Gasteiger partial charge in [0.25, 0.3) is 0 Å². The molecule has 6 heterocycles. The third-order valence-corrected chi connectivity index (χ3v) is 13.2. The molecule has 2 aliphatic rings. The number of hydrogen-bond donors (Lipinski definition) is 6. The van der Waals surface area contributed by atoms with Crippen LogP contribution in [0.2, 0.25) is 5.15 Å². The van der Waals surface area contributed by atoms with Gasteiger partial charge >= 0.3 is 0 Å². The van der Waals surface area contributed by atoms with Gasteiger partial charge < -0.3 is 42.1 Å². The van der Waals surface area contributed by atoms with Crippen LogP contribution in [0.4, 0.5) is 51.8 Å². The maximum atomic E-state index is 10.3. The van der Waals surface area contributed by atoms with Crippen molar-refractivity contribution >= 4 is 85.2 Å². The summed E-state index contributed by atoms with van der Waals surface area (Å²) in [5.41, 5.74) is 15.7. The second kappa shape index (κ2) is 24.7. The highest BCUT2D eigenvalue weighted by molar-refractivity contribution is 6.31. The lowest BCUT2D eigenvalue weighted by Crippen LogP contribution is -2.49. The van der Waals surface area contributed by atoms with Gasteiger partial charge in [-0.1, -0.05) is 48.0 Å². The van der Waals surface area contributed by atoms with Crippen molar-refractivity contribution in [1.29, 1.82) is 10.5 Å². The first kappa shape index (κ1) is 55.1. The van der Waals surface area contributed by atoms with Gasteiger partial charge in [-0.3, -0.25) is 0 Å². The third-order valence-electron chi connectivity index (χ3n) is 13.0. The third kappa shape index (κ3) is 15.0. The van der Waals surface area contributed by atoms with Crippen LogP contribution in [0.15, 0.2) is 122 Å². The van der Waals surface area contributed by atoms with Crippen molar-refractivity contribution in [2.75, 3.05) is 57.7 Å². The van der Waals surface area contributed by atoms with Crippen molar-refractivity contribution in [1.82, 2.24) is 40.5 Å². The monoisotopic (exact) mass is 1050 g/mol. The van der Waals surface area contributed by atoms with E-state index in [-0.39, 0.29) is 11.1 Å². The lowest BCUT2D eigenvalue weighted by molar-refractivity contribution is 0.317. The predicted octanol–water partition coefficient (Wildman–Crippen LogP) is 12.3. The number of rotatable bonds is 10. The van der Waals surface area contributed by atoms with Crippen LogP contribution in [0.1, 0.15) is 89.7 Å². The Balaban J connectivity index is 0.000000170. The molecule has 0 radical (unpaired) electrons. The molecule has 396 valence electrons. The molecule has 4 aromatic carbocycles. The summed E-state index contributed by atoms with van der Waals surface area (Å²) in [6, 6.07) is 40.6. The highest BCUT2D eigenvalue weighted by atomic mass is 35.5. The summed E-state index contributed by atoms with van der Waals surface area (Å²) < 4.78 is 0. The predicted molar refractivity (Wildman–Crippen MR) is 315 cm³/mol. The number of pyridine rings is 2. The summed E-state index contributed by atoms with van der Waals surface area (Å²) in [7, 11) is 0. The molecule has 2 saturated heterocycles. The Morgan fingerprint density at radius 2 is 0.935 bits per heavy atom. The number of fused-ring (bicyclic) bond motifs is 2. The van der Waals surface area contributed by atoms with Gasteiger partial charge in [-0.15, -0.1) is 0 Å². The van der Waals surface area contributed by atoms with Crippen LogP contribution in [0.25, 0.3) is 21.8 Å². The number of nitrogens with zero attached hydrogens (tertiary/aromatic N) is 10. The molecule has 0 unspecified atom stereocenters. The summed E-state index contributed by atoms with van der Waals surface area (Å²) in [4.78, 5) is 30.9. The van der Waals surface area contributed by atoms with Gasteiger partial charge in [-0.05, 0) is 154 Å². The van der Waals surface area contributed by atoms with Gasteiger partial charge in [0, 0.05) is 107 Å². The van der Waals surface area contributed by atoms with E-state index in [0.717, 1.165) is 119 Å². The van der Waals surface area contributed by atoms with Crippen LogP contribution in [0, 0.1) is 36.5 Å². The highest BCUT2D eigenvalue weighted by Crippen LogP contribution is 2.38. The molecular weight excluding hydrogens is 980 g/mol. The van der Waals surface area contributed by atoms with Gasteiger partial charge in [0.2, 0.25) is 11.9 Å². The SMILES string of the molecule is CC(C)(C)NC1CCN(c2c(C#N)c(Cl)nc3ccccc23)CC1.Cc1ccnc(Nc2ccc(N)cc2)n1.Cc1ccnc(Nc2ccc(Nc3nc4ccccc4c(N4CCC(NC(C)(C)C)CC4)c3C#N)cc2)n1. The Morgan fingerprint density at radius 3 is 1.36 bits per heavy atom. The van der Waals surface area contributed by atoms with E-state index in [1.807, 2.05) is 117 Å². The molecule has 0 atom stereocenters. The molecule has 0 aliphatic carbocycles. The van der Waals surface area contributed by atoms with Crippen molar-refractivity contribution < 1.29 is 0 Å². The van der Waals surface area contributed by atoms with Crippen molar-refractivity contribution in [2.45, 2.75) is 104 Å². The largest absolute Gasteiger partial charge is 0.399 e. The number of hydrogen-bond acceptors (Lipinski definition) is 16. The number of nitrogen functional groups attached to an aromatic ring is 1. The normalized spacial score (nSPS) is 14.1. The first-order chi connectivity index (χ1) is 36.9. The molecule has 17 heteroatoms. The molecule has 8 aromatic rings. The van der Waals surface area contributed by atoms with Gasteiger partial charge in [-0.25, -0.2) is 29.9 Å². The fraction of sp³-hybridized carbons (Fsp3) is 0.333. The molecule has 10 rings (SSSR count). The second-order valence-electron chi connectivity index (χ2n) is 21.5. The van der Waals surface area contributed by atoms with E-state index in [1.54, 1.807) is 12.4 Å². The molecular formula is C60H69ClN16. The van der Waals surface area contributed by atoms with Crippen molar-refractivity contribution in [3.8, 4) is 12.1 Å². The van der Waals surface area contributed by atoms with Gasteiger partial charge in [0.05, 0.1) is 22.4 Å². The van der Waals surface area contributed by atoms with Crippen LogP contribution in [-0.4, -0.2) is 79.2 Å². The van der Waals surface area contributed by atoms with Crippen LogP contribution in [-0.2, 0) is 0 Å². The van der Waals surface area contributed by atoms with E-state index < -0.39 is 0 Å². The van der Waals surface area contributed by atoms with Gasteiger partial charge in [0.15, 0.2) is 5.82 Å². The van der Waals surface area contributed by atoms with E-state index in [2.05, 4.69) is 121 Å². The second-order valence-corrected chi connectivity index (χ2v) is 21.9. The highest BCUT2D eigenvalue weighted by Gasteiger charge is 2.29. The number of nitrogens with one attached hydrogen (secondary N) is 5. The average molecular weight is 1050 g/mol. The Bertz CT molecular complexity index is 3360. The summed E-state index contributed by atoms with van der Waals surface area (Å²) in [5, 5.41) is 39.3. The number of para-hydroxylation sites is 2. The molecule has 0 saturated carbocycles. The minimum absolute atomic E-state index is 0.0865. The van der Waals surface area contributed by atoms with Crippen LogP contribution in [0.3, 0.4) is 0 Å². The Labute approximate surface area is 457 Å². The number of benzene rings is 4. The van der Waals surface area contributed by atoms with E-state index in [0.29, 0.717) is 46.1 Å². The number of nitrogens with two attached hydrogens (primary N) is 1. The first-order valence-corrected chi connectivity index (χ1v) is 26.5. The molecule has 0 spiro atoms. The quantitative estimate of drug-likeness (QED) is 0.0554. The zero-order chi connectivity index (χ0) is 54.7. The van der Waals surface area contributed by atoms with E-state index in [1.165, 1.54) is 0 Å². The topological polar surface area (TPSA) is 218 Å². The zero-order valence-electron chi connectivity index (χ0n) is 45.3. The van der Waals surface area contributed by atoms with E-state index >= 15 is 0 Å². The molecule has 0 amide bonds. The van der Waals surface area contributed by atoms with Crippen molar-refractivity contribution in [2.24, 2.45) is 0 Å². The van der Waals surface area contributed by atoms with Crippen LogP contribution in [0.5, 0.6) is 0 Å². The van der Waals surface area contributed by atoms with Crippen molar-refractivity contribution in [3.05, 3.63) is 149 Å². The van der Waals surface area contributed by atoms with Gasteiger partial charge in [0.1, 0.15) is 28.4 Å². The minimum atomic E-state index is 0.0865. The molecule has 16 nitrogen and oxygen atoms in total. The maximum Gasteiger partial charge on any atom is 0.227 e. The number of aryl methyl sites for hydroxylation is 2. The van der Waals surface area contributed by atoms with Crippen molar-refractivity contribution in [3.63, 3.8) is 0 Å². The average Bonchev–Trinajstić information content (AvgIpc) is 3.42. The summed E-state index contributed by atoms with van der Waals surface area (Å²) in [6.45, 7) is 20.7. The summed E-state index contributed by atoms with van der Waals surface area (Å²) >= 11 is 6.27. The standard InChI is InChI=1S/C30H34N8.C19H23ClN4.C11H12N4/c1-20-13-16-32-29(33-20)35-22-11-9-21(10-12-22)34-28-25(19-31)27(24-7-5-6-8-26(24)36-28)38-17-14-23(15-18-38)37-30(2,3)4;1-19(2,3)23-13-8-10-24(11-9-13)17-14-6-4-5-7-16(14)22-18(20)15(17)12-21;1-8-6-7-13-11(14-8)15-10-4-2-9(12)3-5-10/h5-13,16,23,37H,14-15,17-18H2,1-4H3,(H,34,36)(H,32,33,35);4-7,13,23H,8-11H2,1-3H3;2-7H,12H2,1H3,(H,13,14,15). The minimum Gasteiger partial charge on any atom is -0.399 e. The number of nitriles is 2. The smallest absolute Gasteiger partial charge is 0.227 e. The fourth-order valence-corrected chi connectivity index (χ4v) is 9.87. The van der Waals surface area contributed by atoms with Crippen LogP contribution >= 0.6 is 11.6 Å². The fourth-order valence-electron chi connectivity index (χ4n) is 9.65. The zero-order valence-corrected chi connectivity index (χ0v) is 46.0. The molecule has 7 N–H and O–H groups in total. The molecule has 2 aliphatic heterocycles. The molecule has 0 bridgehead atoms. The first-order valence-electron chi connectivity index (χ1n) is 26.1. The molecule has 2 fully saturated rings. The Morgan fingerprint density at radius 1 is 0.532 bits per heavy atom. The number of aromatic nitrogens is 6. The van der Waals surface area contributed by atoms with E-state index in [4.69, 9.17) is 22.3 Å². The maximum absolute atomic E-state index is 10.3. The number of halogens is 1. The Kier molecular flexibility index (Phi) is 17.7. The Hall–Kier alpha value is -8.15. The molecule has 77 heavy (non-hydrogen) atoms. The number of anilines is 9. The lowest BCUT2D eigenvalue weighted by atomic mass is 9.98. The lowest BCUT2D eigenvalue weighted by Gasteiger charge is -2.38. The summed E-state index contributed by atoms with van der Waals surface area (Å²) in [6.07, 6.45) is 7.62. The van der Waals surface area contributed by atoms with Gasteiger partial charge in [-0.2, -0.15) is 10.5 Å². The molecule has 4 aromatic heterocycles. The number of piperidine rings is 2. The van der Waals surface area contributed by atoms with E-state index in [9.17, 15) is 10.5 Å².